The van der Waals surface area contributed by atoms with Gasteiger partial charge in [-0.05, 0) is 104 Å². The first kappa shape index (κ1) is 53.8. The third-order valence-corrected chi connectivity index (χ3v) is 14.5. The number of rotatable bonds is 17. The average molecular weight is 1040 g/mol. The molecule has 5 heterocycles. The van der Waals surface area contributed by atoms with Gasteiger partial charge in [-0.3, -0.25) is 23.6 Å². The van der Waals surface area contributed by atoms with Crippen molar-refractivity contribution >= 4 is 34.0 Å². The van der Waals surface area contributed by atoms with Gasteiger partial charge < -0.3 is 49.2 Å². The van der Waals surface area contributed by atoms with E-state index in [0.717, 1.165) is 36.1 Å². The topological polar surface area (TPSA) is 234 Å². The second-order valence-corrected chi connectivity index (χ2v) is 20.0. The molecule has 2 amide bonds. The number of morpholine rings is 1. The van der Waals surface area contributed by atoms with Gasteiger partial charge in [-0.25, -0.2) is 14.0 Å². The van der Waals surface area contributed by atoms with E-state index in [-0.39, 0.29) is 36.5 Å². The lowest BCUT2D eigenvalue weighted by molar-refractivity contribution is -0.135. The van der Waals surface area contributed by atoms with E-state index in [2.05, 4.69) is 38.3 Å². The van der Waals surface area contributed by atoms with Gasteiger partial charge in [0.2, 0.25) is 0 Å². The molecule has 3 saturated heterocycles. The Balaban J connectivity index is 0.740. The Labute approximate surface area is 439 Å². The molecule has 20 heteroatoms. The molecule has 0 radical (unpaired) electrons. The molecule has 6 atom stereocenters. The van der Waals surface area contributed by atoms with Gasteiger partial charge in [0, 0.05) is 90.9 Å². The van der Waals surface area contributed by atoms with Gasteiger partial charge in [0.05, 0.1) is 35.9 Å². The first-order chi connectivity index (χ1) is 36.9. The van der Waals surface area contributed by atoms with Gasteiger partial charge in [0.25, 0.3) is 11.8 Å². The van der Waals surface area contributed by atoms with E-state index in [4.69, 9.17) is 23.0 Å². The summed E-state index contributed by atoms with van der Waals surface area (Å²) in [4.78, 5) is 56.3. The summed E-state index contributed by atoms with van der Waals surface area (Å²) in [5.74, 6) is -2.10. The molecular weight excluding hydrogens is 976 g/mol. The standard InChI is InChI=1S/C56H65FN10O9/c1-64(2)17-19-66-47-29-40(12-14-49(47)75-55(66)70)38-9-10-41(45(57)27-38)26-44(31-59)63-54(69)51-34-61-32-42(15-23-73-51)52-35-65(21-24-74-52)18-20-67-46-28-39(11-13-48(46)76-56(67)71)37-7-5-36(6-8-37)25-43(30-58)62-53(68)50-33-60-16-3-4-22-72-50/h5-14,27-29,42-44,50-52,60-61H,3-4,15-26,32-35H2,1-2H3,(H,62,68)(H,63,69). The van der Waals surface area contributed by atoms with Crippen LogP contribution in [-0.2, 0) is 49.7 Å². The highest BCUT2D eigenvalue weighted by atomic mass is 19.1. The Morgan fingerprint density at radius 2 is 1.32 bits per heavy atom. The van der Waals surface area contributed by atoms with Crippen molar-refractivity contribution in [1.82, 2.24) is 40.2 Å². The Kier molecular flexibility index (Phi) is 17.9. The lowest BCUT2D eigenvalue weighted by Crippen LogP contribution is -2.52. The van der Waals surface area contributed by atoms with Gasteiger partial charge in [0.1, 0.15) is 30.1 Å². The summed E-state index contributed by atoms with van der Waals surface area (Å²) >= 11 is 0. The van der Waals surface area contributed by atoms with E-state index in [1.54, 1.807) is 45.5 Å². The number of hydrogen-bond acceptors (Lipinski definition) is 15. The summed E-state index contributed by atoms with van der Waals surface area (Å²) in [6.45, 7) is 6.74. The largest absolute Gasteiger partial charge is 0.419 e. The second-order valence-electron chi connectivity index (χ2n) is 20.0. The summed E-state index contributed by atoms with van der Waals surface area (Å²) in [5.41, 5.74) is 6.50. The van der Waals surface area contributed by atoms with Crippen LogP contribution in [0, 0.1) is 34.4 Å². The van der Waals surface area contributed by atoms with Crippen molar-refractivity contribution in [2.75, 3.05) is 86.3 Å². The molecule has 6 aromatic rings. The van der Waals surface area contributed by atoms with E-state index in [0.29, 0.717) is 118 Å². The summed E-state index contributed by atoms with van der Waals surface area (Å²) in [6.07, 6.45) is 1.16. The first-order valence-corrected chi connectivity index (χ1v) is 26.1. The van der Waals surface area contributed by atoms with Gasteiger partial charge >= 0.3 is 11.5 Å². The van der Waals surface area contributed by atoms with Crippen molar-refractivity contribution in [2.24, 2.45) is 5.92 Å². The minimum atomic E-state index is -1.01. The van der Waals surface area contributed by atoms with Crippen molar-refractivity contribution < 1.29 is 37.0 Å². The number of oxazole rings is 2. The molecule has 3 aliphatic rings. The lowest BCUT2D eigenvalue weighted by atomic mass is 9.96. The second kappa shape index (κ2) is 25.2. The number of carbonyl (C=O) groups is 2. The van der Waals surface area contributed by atoms with Crippen LogP contribution < -0.4 is 32.8 Å². The summed E-state index contributed by atoms with van der Waals surface area (Å²) < 4.78 is 48.0. The number of ether oxygens (including phenoxy) is 3. The number of fused-ring (bicyclic) bond motifs is 2. The fraction of sp³-hybridized carbons (Fsp3) is 0.464. The highest BCUT2D eigenvalue weighted by Gasteiger charge is 2.32. The van der Waals surface area contributed by atoms with E-state index < -0.39 is 47.5 Å². The average Bonchev–Trinajstić information content (AvgIpc) is 3.89. The number of carbonyl (C=O) groups excluding carboxylic acids is 2. The zero-order valence-electron chi connectivity index (χ0n) is 42.9. The van der Waals surface area contributed by atoms with E-state index in [9.17, 15) is 29.7 Å². The number of halogens is 1. The van der Waals surface area contributed by atoms with E-state index >= 15 is 4.39 Å². The molecule has 0 saturated carbocycles. The molecule has 400 valence electrons. The summed E-state index contributed by atoms with van der Waals surface area (Å²) in [6, 6.07) is 26.1. The van der Waals surface area contributed by atoms with Gasteiger partial charge in [-0.1, -0.05) is 48.5 Å². The SMILES string of the molecule is CN(C)CCn1c(=O)oc2ccc(-c3ccc(CC(C#N)NC(=O)C4CNCC(C5CN(CCn6c(=O)oc7ccc(-c8ccc(CC(C#N)NC(=O)C9CNCCCCO9)cc8)cc76)CCO5)CCO4)c(F)c3)cc21. The summed E-state index contributed by atoms with van der Waals surface area (Å²) in [5, 5.41) is 32.0. The van der Waals surface area contributed by atoms with Crippen molar-refractivity contribution in [3.63, 3.8) is 0 Å². The van der Waals surface area contributed by atoms with Crippen molar-refractivity contribution in [3.8, 4) is 34.4 Å². The highest BCUT2D eigenvalue weighted by Crippen LogP contribution is 2.28. The molecule has 3 fully saturated rings. The lowest BCUT2D eigenvalue weighted by Gasteiger charge is -2.38. The van der Waals surface area contributed by atoms with Crippen LogP contribution in [0.5, 0.6) is 0 Å². The molecular formula is C56H65FN10O9. The van der Waals surface area contributed by atoms with Crippen LogP contribution in [0.15, 0.2) is 97.3 Å². The zero-order valence-corrected chi connectivity index (χ0v) is 42.9. The van der Waals surface area contributed by atoms with Crippen molar-refractivity contribution in [2.45, 2.75) is 75.6 Å². The number of amides is 2. The fourth-order valence-corrected chi connectivity index (χ4v) is 10.1. The monoisotopic (exact) mass is 1040 g/mol. The Hall–Kier alpha value is -7.01. The van der Waals surface area contributed by atoms with Crippen molar-refractivity contribution in [3.05, 3.63) is 117 Å². The molecule has 0 aliphatic carbocycles. The molecule has 2 aromatic heterocycles. The van der Waals surface area contributed by atoms with Crippen molar-refractivity contribution in [1.29, 1.82) is 10.5 Å². The third-order valence-electron chi connectivity index (χ3n) is 14.5. The van der Waals surface area contributed by atoms with Crippen LogP contribution in [-0.4, -0.2) is 147 Å². The minimum absolute atomic E-state index is 0.0508. The molecule has 0 bridgehead atoms. The van der Waals surface area contributed by atoms with Crippen LogP contribution in [0.4, 0.5) is 4.39 Å². The number of nitrogens with zero attached hydrogens (tertiary/aromatic N) is 6. The van der Waals surface area contributed by atoms with Crippen LogP contribution in [0.2, 0.25) is 0 Å². The predicted octanol–water partition coefficient (Wildman–Crippen LogP) is 3.80. The number of benzene rings is 4. The van der Waals surface area contributed by atoms with E-state index in [1.165, 1.54) is 6.07 Å². The zero-order chi connectivity index (χ0) is 53.1. The van der Waals surface area contributed by atoms with Gasteiger partial charge in [0.15, 0.2) is 11.2 Å². The number of nitrogens with one attached hydrogen (secondary N) is 4. The van der Waals surface area contributed by atoms with Crippen LogP contribution in [0.1, 0.15) is 30.4 Å². The molecule has 4 aromatic carbocycles. The molecule has 3 aliphatic heterocycles. The van der Waals surface area contributed by atoms with Crippen LogP contribution in [0.25, 0.3) is 44.5 Å². The normalized spacial score (nSPS) is 20.7. The Morgan fingerprint density at radius 1 is 0.711 bits per heavy atom. The minimum Gasteiger partial charge on any atom is -0.408 e. The smallest absolute Gasteiger partial charge is 0.408 e. The van der Waals surface area contributed by atoms with E-state index in [1.807, 2.05) is 55.4 Å². The highest BCUT2D eigenvalue weighted by molar-refractivity contribution is 5.83. The van der Waals surface area contributed by atoms with Gasteiger partial charge in [-0.15, -0.1) is 0 Å². The maximum Gasteiger partial charge on any atom is 0.419 e. The van der Waals surface area contributed by atoms with Crippen LogP contribution >= 0.6 is 0 Å². The number of likely N-dealkylation sites (N-methyl/N-ethyl adjacent to an activating group) is 1. The molecule has 4 N–H and O–H groups in total. The Morgan fingerprint density at radius 3 is 1.99 bits per heavy atom. The molecule has 6 unspecified atom stereocenters. The summed E-state index contributed by atoms with van der Waals surface area (Å²) in [7, 11) is 3.84. The molecule has 9 rings (SSSR count). The number of hydrogen-bond donors (Lipinski definition) is 4. The molecule has 0 spiro atoms. The molecule has 76 heavy (non-hydrogen) atoms. The molecule has 19 nitrogen and oxygen atoms in total. The Bertz CT molecular complexity index is 3170. The predicted molar refractivity (Wildman–Crippen MR) is 282 cm³/mol. The maximum absolute atomic E-state index is 15.6. The fourth-order valence-electron chi connectivity index (χ4n) is 10.1. The van der Waals surface area contributed by atoms with Crippen LogP contribution in [0.3, 0.4) is 0 Å². The number of aromatic nitrogens is 2. The first-order valence-electron chi connectivity index (χ1n) is 26.1. The third kappa shape index (κ3) is 13.3. The quantitative estimate of drug-likeness (QED) is 0.102. The maximum atomic E-state index is 15.6. The van der Waals surface area contributed by atoms with Gasteiger partial charge in [-0.2, -0.15) is 10.5 Å². The number of nitriles is 2.